The number of hydrogen-bond acceptors (Lipinski definition) is 2. The summed E-state index contributed by atoms with van der Waals surface area (Å²) in [6, 6.07) is 0. The summed E-state index contributed by atoms with van der Waals surface area (Å²) in [6.07, 6.45) is 11.7. The van der Waals surface area contributed by atoms with E-state index >= 15 is 0 Å². The minimum absolute atomic E-state index is 0.859. The minimum atomic E-state index is 0.859. The Bertz CT molecular complexity index is 126. The highest BCUT2D eigenvalue weighted by molar-refractivity contribution is 4.90. The van der Waals surface area contributed by atoms with Crippen molar-refractivity contribution in [2.75, 3.05) is 13.6 Å². The first-order valence-electron chi connectivity index (χ1n) is 4.99. The number of rotatable bonds is 4. The Hall–Kier alpha value is -0.340. The van der Waals surface area contributed by atoms with Crippen molar-refractivity contribution in [3.63, 3.8) is 0 Å². The lowest BCUT2D eigenvalue weighted by Gasteiger charge is -2.17. The molecule has 0 aromatic heterocycles. The van der Waals surface area contributed by atoms with Gasteiger partial charge in [0.25, 0.3) is 0 Å². The van der Waals surface area contributed by atoms with Gasteiger partial charge in [0.2, 0.25) is 0 Å². The molecule has 1 saturated carbocycles. The first kappa shape index (κ1) is 9.75. The second-order valence-electron chi connectivity index (χ2n) is 3.46. The van der Waals surface area contributed by atoms with Crippen LogP contribution in [-0.2, 0) is 0 Å². The molecule has 1 aliphatic carbocycles. The highest BCUT2D eigenvalue weighted by Gasteiger charge is 2.08. The van der Waals surface area contributed by atoms with Crippen LogP contribution in [0.25, 0.3) is 0 Å². The summed E-state index contributed by atoms with van der Waals surface area (Å²) < 4.78 is 0. The Morgan fingerprint density at radius 2 is 2.00 bits per heavy atom. The van der Waals surface area contributed by atoms with E-state index in [1.165, 1.54) is 32.1 Å². The number of allylic oxidation sites excluding steroid dienone is 1. The lowest BCUT2D eigenvalue weighted by molar-refractivity contribution is 0.418. The van der Waals surface area contributed by atoms with Crippen LogP contribution in [-0.4, -0.2) is 13.6 Å². The molecule has 0 aliphatic heterocycles. The largest absolute Gasteiger partial charge is 0.261 e. The summed E-state index contributed by atoms with van der Waals surface area (Å²) in [5, 5.41) is 0. The first-order valence-corrected chi connectivity index (χ1v) is 4.99. The smallest absolute Gasteiger partial charge is 0.0280 e. The summed E-state index contributed by atoms with van der Waals surface area (Å²) in [5.41, 5.74) is 5.96. The molecular formula is C10H20N2. The van der Waals surface area contributed by atoms with Crippen molar-refractivity contribution in [1.82, 2.24) is 10.9 Å². The van der Waals surface area contributed by atoms with Crippen LogP contribution in [0.2, 0.25) is 0 Å². The molecule has 2 N–H and O–H groups in total. The van der Waals surface area contributed by atoms with E-state index in [4.69, 9.17) is 0 Å². The zero-order valence-electron chi connectivity index (χ0n) is 7.97. The van der Waals surface area contributed by atoms with E-state index in [2.05, 4.69) is 23.0 Å². The van der Waals surface area contributed by atoms with Crippen molar-refractivity contribution >= 4 is 0 Å². The molecule has 0 amide bonds. The molecule has 70 valence electrons. The Morgan fingerprint density at radius 1 is 1.25 bits per heavy atom. The van der Waals surface area contributed by atoms with Gasteiger partial charge in [-0.1, -0.05) is 31.4 Å². The maximum Gasteiger partial charge on any atom is 0.0280 e. The zero-order valence-corrected chi connectivity index (χ0v) is 7.97. The molecule has 0 spiro atoms. The van der Waals surface area contributed by atoms with Gasteiger partial charge in [-0.25, -0.2) is 0 Å². The Balaban J connectivity index is 2.07. The fourth-order valence-electron chi connectivity index (χ4n) is 1.75. The van der Waals surface area contributed by atoms with Crippen LogP contribution in [0.4, 0.5) is 0 Å². The average molecular weight is 168 g/mol. The highest BCUT2D eigenvalue weighted by Crippen LogP contribution is 2.24. The normalized spacial score (nSPS) is 20.4. The molecule has 0 aromatic rings. The van der Waals surface area contributed by atoms with Crippen molar-refractivity contribution in [3.05, 3.63) is 12.2 Å². The first-order chi connectivity index (χ1) is 5.93. The van der Waals surface area contributed by atoms with Crippen LogP contribution in [0.1, 0.15) is 32.1 Å². The van der Waals surface area contributed by atoms with E-state index in [0.717, 1.165) is 12.5 Å². The molecule has 0 heterocycles. The van der Waals surface area contributed by atoms with Gasteiger partial charge < -0.3 is 0 Å². The fraction of sp³-hybridized carbons (Fsp3) is 0.800. The minimum Gasteiger partial charge on any atom is -0.261 e. The number of hydrazine groups is 1. The van der Waals surface area contributed by atoms with Gasteiger partial charge in [-0.15, -0.1) is 0 Å². The van der Waals surface area contributed by atoms with E-state index in [0.29, 0.717) is 0 Å². The second kappa shape index (κ2) is 6.21. The van der Waals surface area contributed by atoms with E-state index in [9.17, 15) is 0 Å². The van der Waals surface area contributed by atoms with E-state index in [-0.39, 0.29) is 0 Å². The van der Waals surface area contributed by atoms with Crippen molar-refractivity contribution in [1.29, 1.82) is 0 Å². The molecule has 0 saturated heterocycles. The molecule has 1 rings (SSSR count). The quantitative estimate of drug-likeness (QED) is 0.380. The monoisotopic (exact) mass is 168 g/mol. The molecule has 0 aromatic carbocycles. The molecule has 0 bridgehead atoms. The molecule has 12 heavy (non-hydrogen) atoms. The maximum atomic E-state index is 3.05. The van der Waals surface area contributed by atoms with E-state index < -0.39 is 0 Å². The van der Waals surface area contributed by atoms with Crippen LogP contribution in [0, 0.1) is 5.92 Å². The molecule has 0 radical (unpaired) electrons. The van der Waals surface area contributed by atoms with E-state index in [1.54, 1.807) is 0 Å². The third kappa shape index (κ3) is 3.88. The Kier molecular flexibility index (Phi) is 5.04. The summed E-state index contributed by atoms with van der Waals surface area (Å²) in [5.74, 6) is 0.859. The van der Waals surface area contributed by atoms with Gasteiger partial charge in [0, 0.05) is 6.54 Å². The van der Waals surface area contributed by atoms with Crippen molar-refractivity contribution in [3.8, 4) is 0 Å². The topological polar surface area (TPSA) is 24.1 Å². The van der Waals surface area contributed by atoms with Crippen molar-refractivity contribution in [2.24, 2.45) is 5.92 Å². The lowest BCUT2D eigenvalue weighted by atomic mass is 9.89. The van der Waals surface area contributed by atoms with Crippen molar-refractivity contribution in [2.45, 2.75) is 32.1 Å². The lowest BCUT2D eigenvalue weighted by Crippen LogP contribution is -2.27. The fourth-order valence-corrected chi connectivity index (χ4v) is 1.75. The average Bonchev–Trinajstić information content (AvgIpc) is 2.14. The predicted molar refractivity (Wildman–Crippen MR) is 52.8 cm³/mol. The van der Waals surface area contributed by atoms with Crippen LogP contribution >= 0.6 is 0 Å². The van der Waals surface area contributed by atoms with Crippen LogP contribution < -0.4 is 10.9 Å². The standard InChI is InChI=1S/C10H20N2/c1-11-12-9-5-8-10-6-3-2-4-7-10/h5,8,10-12H,2-4,6-7,9H2,1H3. The van der Waals surface area contributed by atoms with Gasteiger partial charge in [-0.3, -0.25) is 10.9 Å². The summed E-state index contributed by atoms with van der Waals surface area (Å²) in [6.45, 7) is 0.937. The number of nitrogens with one attached hydrogen (secondary N) is 2. The maximum absolute atomic E-state index is 3.05. The van der Waals surface area contributed by atoms with Gasteiger partial charge in [0.1, 0.15) is 0 Å². The molecule has 2 heteroatoms. The second-order valence-corrected chi connectivity index (χ2v) is 3.46. The van der Waals surface area contributed by atoms with E-state index in [1.807, 2.05) is 7.05 Å². The number of hydrogen-bond donors (Lipinski definition) is 2. The van der Waals surface area contributed by atoms with Gasteiger partial charge >= 0.3 is 0 Å². The summed E-state index contributed by atoms with van der Waals surface area (Å²) in [4.78, 5) is 0. The predicted octanol–water partition coefficient (Wildman–Crippen LogP) is 1.85. The third-order valence-corrected chi connectivity index (χ3v) is 2.45. The molecule has 0 unspecified atom stereocenters. The zero-order chi connectivity index (χ0) is 8.65. The van der Waals surface area contributed by atoms with Crippen LogP contribution in [0.5, 0.6) is 0 Å². The van der Waals surface area contributed by atoms with Crippen molar-refractivity contribution < 1.29 is 0 Å². The molecular weight excluding hydrogens is 148 g/mol. The Labute approximate surface area is 75.4 Å². The summed E-state index contributed by atoms with van der Waals surface area (Å²) in [7, 11) is 1.90. The SMILES string of the molecule is CNNCC=CC1CCCCC1. The van der Waals surface area contributed by atoms with Gasteiger partial charge in [0.15, 0.2) is 0 Å². The highest BCUT2D eigenvalue weighted by atomic mass is 15.3. The van der Waals surface area contributed by atoms with Crippen LogP contribution in [0.15, 0.2) is 12.2 Å². The van der Waals surface area contributed by atoms with Gasteiger partial charge in [-0.2, -0.15) is 0 Å². The molecule has 1 aliphatic rings. The Morgan fingerprint density at radius 3 is 2.67 bits per heavy atom. The third-order valence-electron chi connectivity index (χ3n) is 2.45. The molecule has 0 atom stereocenters. The van der Waals surface area contributed by atoms with Gasteiger partial charge in [0.05, 0.1) is 0 Å². The van der Waals surface area contributed by atoms with Crippen LogP contribution in [0.3, 0.4) is 0 Å². The molecule has 1 fully saturated rings. The van der Waals surface area contributed by atoms with Gasteiger partial charge in [-0.05, 0) is 25.8 Å². The molecule has 2 nitrogen and oxygen atoms in total. The summed E-state index contributed by atoms with van der Waals surface area (Å²) >= 11 is 0.